The van der Waals surface area contributed by atoms with E-state index in [2.05, 4.69) is 33.6 Å². The van der Waals surface area contributed by atoms with Crippen LogP contribution in [0, 0.1) is 11.3 Å². The van der Waals surface area contributed by atoms with Crippen molar-refractivity contribution in [1.82, 2.24) is 4.98 Å². The first-order valence-corrected chi connectivity index (χ1v) is 4.86. The molecule has 14 heavy (non-hydrogen) atoms. The maximum Gasteiger partial charge on any atom is 0.146 e. The van der Waals surface area contributed by atoms with Gasteiger partial charge in [-0.25, -0.2) is 4.98 Å². The van der Waals surface area contributed by atoms with Crippen molar-refractivity contribution in [2.24, 2.45) is 0 Å². The van der Waals surface area contributed by atoms with Crippen LogP contribution in [0.5, 0.6) is 0 Å². The third-order valence-corrected chi connectivity index (χ3v) is 2.15. The van der Waals surface area contributed by atoms with Crippen LogP contribution in [-0.4, -0.2) is 18.6 Å². The molecule has 0 unspecified atom stereocenters. The van der Waals surface area contributed by atoms with Crippen LogP contribution in [-0.2, 0) is 0 Å². The highest BCUT2D eigenvalue weighted by Gasteiger charge is 2.07. The van der Waals surface area contributed by atoms with Gasteiger partial charge in [0.1, 0.15) is 11.9 Å². The van der Waals surface area contributed by atoms with E-state index >= 15 is 0 Å². The van der Waals surface area contributed by atoms with E-state index in [1.54, 1.807) is 18.3 Å². The van der Waals surface area contributed by atoms with Crippen molar-refractivity contribution in [2.75, 3.05) is 18.5 Å². The first-order valence-electron chi connectivity index (χ1n) is 4.06. The van der Waals surface area contributed by atoms with Crippen molar-refractivity contribution in [3.05, 3.63) is 35.0 Å². The normalized spacial score (nSPS) is 9.21. The number of likely N-dealkylation sites (N-methyl/N-ethyl adjacent to an activating group) is 1. The average Bonchev–Trinajstić information content (AvgIpc) is 2.17. The van der Waals surface area contributed by atoms with Crippen LogP contribution < -0.4 is 4.90 Å². The molecule has 0 atom stereocenters. The predicted octanol–water partition coefficient (Wildman–Crippen LogP) is 2.34. The molecule has 4 heteroatoms. The molecule has 0 saturated heterocycles. The Bertz CT molecular complexity index is 381. The molecule has 0 radical (unpaired) electrons. The molecule has 0 bridgehead atoms. The van der Waals surface area contributed by atoms with Crippen molar-refractivity contribution >= 4 is 21.7 Å². The fourth-order valence-corrected chi connectivity index (χ4v) is 1.43. The zero-order valence-corrected chi connectivity index (χ0v) is 9.45. The SMILES string of the molecule is C=CCN(C)c1ncc(Br)cc1C#N. The molecule has 1 aromatic heterocycles. The van der Waals surface area contributed by atoms with Crippen LogP contribution in [0.4, 0.5) is 5.82 Å². The second kappa shape index (κ2) is 4.77. The number of nitriles is 1. The lowest BCUT2D eigenvalue weighted by atomic mass is 10.2. The quantitative estimate of drug-likeness (QED) is 0.775. The Morgan fingerprint density at radius 2 is 2.50 bits per heavy atom. The Hall–Kier alpha value is -1.34. The lowest BCUT2D eigenvalue weighted by Crippen LogP contribution is -2.19. The second-order valence-electron chi connectivity index (χ2n) is 2.81. The lowest BCUT2D eigenvalue weighted by Gasteiger charge is -2.16. The molecule has 0 fully saturated rings. The van der Waals surface area contributed by atoms with Gasteiger partial charge in [0, 0.05) is 24.3 Å². The second-order valence-corrected chi connectivity index (χ2v) is 3.72. The van der Waals surface area contributed by atoms with E-state index in [1.807, 2.05) is 11.9 Å². The van der Waals surface area contributed by atoms with E-state index in [-0.39, 0.29) is 0 Å². The largest absolute Gasteiger partial charge is 0.355 e. The van der Waals surface area contributed by atoms with Crippen LogP contribution in [0.15, 0.2) is 29.4 Å². The topological polar surface area (TPSA) is 39.9 Å². The first-order chi connectivity index (χ1) is 6.69. The summed E-state index contributed by atoms with van der Waals surface area (Å²) >= 11 is 3.27. The highest BCUT2D eigenvalue weighted by atomic mass is 79.9. The summed E-state index contributed by atoms with van der Waals surface area (Å²) in [5, 5.41) is 8.90. The van der Waals surface area contributed by atoms with Crippen molar-refractivity contribution in [3.63, 3.8) is 0 Å². The molecule has 0 aromatic carbocycles. The molecule has 0 aliphatic heterocycles. The van der Waals surface area contributed by atoms with E-state index in [9.17, 15) is 0 Å². The van der Waals surface area contributed by atoms with Crippen molar-refractivity contribution in [2.45, 2.75) is 0 Å². The molecule has 1 aromatic rings. The van der Waals surface area contributed by atoms with Gasteiger partial charge in [-0.3, -0.25) is 0 Å². The number of nitrogens with zero attached hydrogens (tertiary/aromatic N) is 3. The highest BCUT2D eigenvalue weighted by molar-refractivity contribution is 9.10. The zero-order valence-electron chi connectivity index (χ0n) is 7.87. The molecule has 1 rings (SSSR count). The lowest BCUT2D eigenvalue weighted by molar-refractivity contribution is 0.985. The number of hydrogen-bond donors (Lipinski definition) is 0. The smallest absolute Gasteiger partial charge is 0.146 e. The van der Waals surface area contributed by atoms with Crippen molar-refractivity contribution in [3.8, 4) is 6.07 Å². The fourth-order valence-electron chi connectivity index (χ4n) is 1.10. The summed E-state index contributed by atoms with van der Waals surface area (Å²) in [5.74, 6) is 0.676. The Labute approximate surface area is 91.8 Å². The highest BCUT2D eigenvalue weighted by Crippen LogP contribution is 2.19. The predicted molar refractivity (Wildman–Crippen MR) is 60.1 cm³/mol. The Kier molecular flexibility index (Phi) is 3.66. The van der Waals surface area contributed by atoms with Gasteiger partial charge in [0.25, 0.3) is 0 Å². The summed E-state index contributed by atoms with van der Waals surface area (Å²) in [5.41, 5.74) is 0.559. The van der Waals surface area contributed by atoms with Crippen LogP contribution in [0.3, 0.4) is 0 Å². The van der Waals surface area contributed by atoms with E-state index < -0.39 is 0 Å². The van der Waals surface area contributed by atoms with Crippen LogP contribution in [0.1, 0.15) is 5.56 Å². The Morgan fingerprint density at radius 1 is 1.79 bits per heavy atom. The van der Waals surface area contributed by atoms with Gasteiger partial charge >= 0.3 is 0 Å². The molecule has 1 heterocycles. The number of hydrogen-bond acceptors (Lipinski definition) is 3. The Balaban J connectivity index is 3.08. The van der Waals surface area contributed by atoms with Gasteiger partial charge in [-0.2, -0.15) is 5.26 Å². The standard InChI is InChI=1S/C10H10BrN3/c1-3-4-14(2)10-8(6-12)5-9(11)7-13-10/h3,5,7H,1,4H2,2H3. The van der Waals surface area contributed by atoms with Crippen molar-refractivity contribution in [1.29, 1.82) is 5.26 Å². The van der Waals surface area contributed by atoms with Crippen LogP contribution in [0.2, 0.25) is 0 Å². The summed E-state index contributed by atoms with van der Waals surface area (Å²) < 4.78 is 0.810. The molecular formula is C10H10BrN3. The van der Waals surface area contributed by atoms with E-state index in [0.717, 1.165) is 4.47 Å². The van der Waals surface area contributed by atoms with E-state index in [0.29, 0.717) is 17.9 Å². The molecular weight excluding hydrogens is 242 g/mol. The summed E-state index contributed by atoms with van der Waals surface area (Å²) in [7, 11) is 1.87. The van der Waals surface area contributed by atoms with Crippen LogP contribution in [0.25, 0.3) is 0 Å². The van der Waals surface area contributed by atoms with Gasteiger partial charge in [0.2, 0.25) is 0 Å². The average molecular weight is 252 g/mol. The van der Waals surface area contributed by atoms with Gasteiger partial charge < -0.3 is 4.90 Å². The molecule has 3 nitrogen and oxygen atoms in total. The molecule has 0 amide bonds. The maximum absolute atomic E-state index is 8.90. The summed E-state index contributed by atoms with van der Waals surface area (Å²) in [6.07, 6.45) is 3.45. The van der Waals surface area contributed by atoms with Gasteiger partial charge in [-0.15, -0.1) is 6.58 Å². The summed E-state index contributed by atoms with van der Waals surface area (Å²) in [4.78, 5) is 6.05. The molecule has 0 spiro atoms. The number of rotatable bonds is 3. The minimum absolute atomic E-state index is 0.559. The van der Waals surface area contributed by atoms with Crippen molar-refractivity contribution < 1.29 is 0 Å². The first kappa shape index (κ1) is 10.7. The monoisotopic (exact) mass is 251 g/mol. The maximum atomic E-state index is 8.90. The third-order valence-electron chi connectivity index (χ3n) is 1.72. The number of anilines is 1. The number of aromatic nitrogens is 1. The molecule has 0 saturated carbocycles. The molecule has 0 N–H and O–H groups in total. The molecule has 0 aliphatic rings. The number of pyridine rings is 1. The third kappa shape index (κ3) is 2.33. The number of halogens is 1. The Morgan fingerprint density at radius 3 is 3.07 bits per heavy atom. The minimum Gasteiger partial charge on any atom is -0.355 e. The fraction of sp³-hybridized carbons (Fsp3) is 0.200. The summed E-state index contributed by atoms with van der Waals surface area (Å²) in [6.45, 7) is 4.31. The summed E-state index contributed by atoms with van der Waals surface area (Å²) in [6, 6.07) is 3.86. The van der Waals surface area contributed by atoms with Gasteiger partial charge in [-0.05, 0) is 22.0 Å². The van der Waals surface area contributed by atoms with Gasteiger partial charge in [0.15, 0.2) is 0 Å². The van der Waals surface area contributed by atoms with Gasteiger partial charge in [0.05, 0.1) is 5.56 Å². The van der Waals surface area contributed by atoms with Crippen LogP contribution >= 0.6 is 15.9 Å². The molecule has 72 valence electrons. The van der Waals surface area contributed by atoms with E-state index in [4.69, 9.17) is 5.26 Å². The molecule has 0 aliphatic carbocycles. The van der Waals surface area contributed by atoms with Gasteiger partial charge in [-0.1, -0.05) is 6.08 Å². The zero-order chi connectivity index (χ0) is 10.6. The minimum atomic E-state index is 0.559. The van der Waals surface area contributed by atoms with E-state index in [1.165, 1.54) is 0 Å².